The highest BCUT2D eigenvalue weighted by Crippen LogP contribution is 2.27. The van der Waals surface area contributed by atoms with Crippen LogP contribution < -0.4 is 15.3 Å². The fourth-order valence-electron chi connectivity index (χ4n) is 2.95. The second-order valence-electron chi connectivity index (χ2n) is 6.39. The molecule has 7 heteroatoms. The number of imide groups is 1. The van der Waals surface area contributed by atoms with Gasteiger partial charge in [-0.2, -0.15) is 0 Å². The minimum Gasteiger partial charge on any atom is -0.545 e. The Bertz CT molecular complexity index is 949. The molecule has 0 saturated carbocycles. The van der Waals surface area contributed by atoms with Crippen LogP contribution >= 0.6 is 0 Å². The van der Waals surface area contributed by atoms with Crippen LogP contribution in [0.4, 0.5) is 11.4 Å². The molecule has 7 nitrogen and oxygen atoms in total. The summed E-state index contributed by atoms with van der Waals surface area (Å²) in [6.45, 7) is 3.20. The summed E-state index contributed by atoms with van der Waals surface area (Å²) in [6, 6.07) is 9.83. The van der Waals surface area contributed by atoms with Gasteiger partial charge in [0.25, 0.3) is 5.91 Å². The second-order valence-corrected chi connectivity index (χ2v) is 6.39. The van der Waals surface area contributed by atoms with Crippen molar-refractivity contribution in [2.75, 3.05) is 10.2 Å². The van der Waals surface area contributed by atoms with E-state index in [1.807, 2.05) is 0 Å². The van der Waals surface area contributed by atoms with Crippen LogP contribution in [0.3, 0.4) is 0 Å². The Kier molecular flexibility index (Phi) is 4.77. The number of aryl methyl sites for hydroxylation is 1. The summed E-state index contributed by atoms with van der Waals surface area (Å²) in [4.78, 5) is 48.5. The molecule has 1 atom stereocenters. The number of carbonyl (C=O) groups is 4. The van der Waals surface area contributed by atoms with Crippen molar-refractivity contribution < 1.29 is 24.3 Å². The van der Waals surface area contributed by atoms with Crippen molar-refractivity contribution in [2.45, 2.75) is 26.3 Å². The number of carbonyl (C=O) groups excluding carboxylic acids is 4. The van der Waals surface area contributed by atoms with E-state index in [1.165, 1.54) is 19.1 Å². The summed E-state index contributed by atoms with van der Waals surface area (Å²) >= 11 is 0. The van der Waals surface area contributed by atoms with Gasteiger partial charge in [0.2, 0.25) is 5.91 Å². The van der Waals surface area contributed by atoms with Gasteiger partial charge in [0, 0.05) is 11.3 Å². The highest BCUT2D eigenvalue weighted by atomic mass is 16.4. The molecule has 2 amide bonds. The summed E-state index contributed by atoms with van der Waals surface area (Å²) in [5.41, 5.74) is 2.06. The molecule has 0 radical (unpaired) electrons. The van der Waals surface area contributed by atoms with E-state index >= 15 is 0 Å². The highest BCUT2D eigenvalue weighted by molar-refractivity contribution is 6.23. The first-order valence-electron chi connectivity index (χ1n) is 8.34. The predicted molar refractivity (Wildman–Crippen MR) is 96.5 cm³/mol. The third kappa shape index (κ3) is 3.57. The van der Waals surface area contributed by atoms with Crippen molar-refractivity contribution in [3.63, 3.8) is 0 Å². The van der Waals surface area contributed by atoms with Crippen LogP contribution in [0.1, 0.15) is 39.6 Å². The Morgan fingerprint density at radius 2 is 1.70 bits per heavy atom. The third-order valence-corrected chi connectivity index (χ3v) is 4.48. The molecule has 0 bridgehead atoms. The lowest BCUT2D eigenvalue weighted by atomic mass is 10.1. The predicted octanol–water partition coefficient (Wildman–Crippen LogP) is 1.31. The molecule has 0 aromatic heterocycles. The molecule has 1 aliphatic heterocycles. The van der Waals surface area contributed by atoms with E-state index < -0.39 is 17.9 Å². The summed E-state index contributed by atoms with van der Waals surface area (Å²) < 4.78 is 0. The van der Waals surface area contributed by atoms with Gasteiger partial charge >= 0.3 is 0 Å². The van der Waals surface area contributed by atoms with Gasteiger partial charge in [0.1, 0.15) is 6.04 Å². The number of Topliss-reactive ketones (excluding diaryl/α,β-unsaturated/α-hetero) is 1. The number of anilines is 2. The molecular weight excluding hydrogens is 348 g/mol. The van der Waals surface area contributed by atoms with E-state index in [1.54, 1.807) is 37.3 Å². The molecule has 138 valence electrons. The number of carboxylic acids is 1. The van der Waals surface area contributed by atoms with Crippen molar-refractivity contribution in [1.82, 2.24) is 0 Å². The molecule has 1 saturated heterocycles. The van der Waals surface area contributed by atoms with E-state index in [0.29, 0.717) is 16.9 Å². The number of ketones is 1. The topological polar surface area (TPSA) is 107 Å². The first-order chi connectivity index (χ1) is 12.8. The lowest BCUT2D eigenvalue weighted by molar-refractivity contribution is -0.255. The van der Waals surface area contributed by atoms with Gasteiger partial charge in [-0.25, -0.2) is 4.90 Å². The van der Waals surface area contributed by atoms with E-state index in [9.17, 15) is 24.3 Å². The van der Waals surface area contributed by atoms with Crippen LogP contribution in [0.2, 0.25) is 0 Å². The largest absolute Gasteiger partial charge is 0.545 e. The van der Waals surface area contributed by atoms with Crippen LogP contribution in [0.5, 0.6) is 0 Å². The second kappa shape index (κ2) is 7.03. The number of amides is 2. The zero-order valence-corrected chi connectivity index (χ0v) is 14.8. The lowest BCUT2D eigenvalue weighted by Gasteiger charge is -2.18. The molecular formula is C20H17N2O5-. The first-order valence-corrected chi connectivity index (χ1v) is 8.34. The molecule has 2 aromatic rings. The molecule has 27 heavy (non-hydrogen) atoms. The van der Waals surface area contributed by atoms with Crippen LogP contribution in [0, 0.1) is 6.92 Å². The van der Waals surface area contributed by atoms with Crippen molar-refractivity contribution in [3.8, 4) is 0 Å². The monoisotopic (exact) mass is 365 g/mol. The third-order valence-electron chi connectivity index (χ3n) is 4.48. The lowest BCUT2D eigenvalue weighted by Crippen LogP contribution is -2.35. The number of nitrogens with one attached hydrogen (secondary N) is 1. The molecule has 2 aromatic carbocycles. The van der Waals surface area contributed by atoms with Crippen LogP contribution in [-0.2, 0) is 9.59 Å². The Balaban J connectivity index is 1.83. The molecule has 1 N–H and O–H groups in total. The summed E-state index contributed by atoms with van der Waals surface area (Å²) in [5, 5.41) is 14.0. The van der Waals surface area contributed by atoms with Gasteiger partial charge in [-0.15, -0.1) is 0 Å². The van der Waals surface area contributed by atoms with Crippen molar-refractivity contribution in [2.24, 2.45) is 0 Å². The van der Waals surface area contributed by atoms with Crippen LogP contribution in [0.25, 0.3) is 0 Å². The SMILES string of the molecule is CC(=O)c1ccc(N2C(=O)C[C@@H](Nc3cc(C(=O)[O-])ccc3C)C2=O)cc1. The quantitative estimate of drug-likeness (QED) is 0.632. The zero-order chi connectivity index (χ0) is 19.7. The Hall–Kier alpha value is -3.48. The smallest absolute Gasteiger partial charge is 0.256 e. The maximum atomic E-state index is 12.7. The van der Waals surface area contributed by atoms with E-state index in [2.05, 4.69) is 5.32 Å². The molecule has 1 aliphatic rings. The zero-order valence-electron chi connectivity index (χ0n) is 14.8. The number of carboxylic acid groups (broad SMARTS) is 1. The number of nitrogens with zero attached hydrogens (tertiary/aromatic N) is 1. The fraction of sp³-hybridized carbons (Fsp3) is 0.200. The van der Waals surface area contributed by atoms with Gasteiger partial charge in [-0.3, -0.25) is 14.4 Å². The summed E-state index contributed by atoms with van der Waals surface area (Å²) in [5.74, 6) is -2.24. The maximum Gasteiger partial charge on any atom is 0.256 e. The molecule has 3 rings (SSSR count). The standard InChI is InChI=1S/C20H18N2O5/c1-11-3-4-14(20(26)27)9-16(11)21-17-10-18(24)22(19(17)25)15-7-5-13(6-8-15)12(2)23/h3-9,17,21H,10H2,1-2H3,(H,26,27)/p-1/t17-/m1/s1. The molecule has 0 aliphatic carbocycles. The average molecular weight is 365 g/mol. The number of benzene rings is 2. The van der Waals surface area contributed by atoms with E-state index in [0.717, 1.165) is 10.5 Å². The number of hydrogen-bond acceptors (Lipinski definition) is 6. The highest BCUT2D eigenvalue weighted by Gasteiger charge is 2.39. The van der Waals surface area contributed by atoms with Gasteiger partial charge in [-0.1, -0.05) is 12.1 Å². The Morgan fingerprint density at radius 3 is 2.30 bits per heavy atom. The Morgan fingerprint density at radius 1 is 1.07 bits per heavy atom. The number of aromatic carboxylic acids is 1. The number of rotatable bonds is 5. The fourth-order valence-corrected chi connectivity index (χ4v) is 2.95. The summed E-state index contributed by atoms with van der Waals surface area (Å²) in [7, 11) is 0. The van der Waals surface area contributed by atoms with Gasteiger partial charge in [-0.05, 0) is 55.3 Å². The van der Waals surface area contributed by atoms with Crippen molar-refractivity contribution >= 4 is 34.9 Å². The minimum atomic E-state index is -1.32. The normalized spacial score (nSPS) is 16.5. The van der Waals surface area contributed by atoms with E-state index in [-0.39, 0.29) is 23.7 Å². The van der Waals surface area contributed by atoms with Crippen LogP contribution in [-0.4, -0.2) is 29.6 Å². The average Bonchev–Trinajstić information content (AvgIpc) is 2.90. The van der Waals surface area contributed by atoms with Crippen molar-refractivity contribution in [3.05, 3.63) is 59.2 Å². The minimum absolute atomic E-state index is 0.0171. The Labute approximate surface area is 155 Å². The molecule has 0 unspecified atom stereocenters. The molecule has 0 spiro atoms. The maximum absolute atomic E-state index is 12.7. The van der Waals surface area contributed by atoms with E-state index in [4.69, 9.17) is 0 Å². The molecule has 1 fully saturated rings. The van der Waals surface area contributed by atoms with Gasteiger partial charge in [0.05, 0.1) is 18.1 Å². The number of hydrogen-bond donors (Lipinski definition) is 1. The molecule has 1 heterocycles. The van der Waals surface area contributed by atoms with Crippen molar-refractivity contribution in [1.29, 1.82) is 0 Å². The summed E-state index contributed by atoms with van der Waals surface area (Å²) in [6.07, 6.45) is -0.0533. The first kappa shape index (κ1) is 18.3. The van der Waals surface area contributed by atoms with Gasteiger partial charge < -0.3 is 15.2 Å². The van der Waals surface area contributed by atoms with Gasteiger partial charge in [0.15, 0.2) is 5.78 Å². The van der Waals surface area contributed by atoms with Crippen LogP contribution in [0.15, 0.2) is 42.5 Å².